The first kappa shape index (κ1) is 11.4. The predicted molar refractivity (Wildman–Crippen MR) is 50.8 cm³/mol. The van der Waals surface area contributed by atoms with E-state index in [2.05, 4.69) is 13.8 Å². The number of carbonyl (C=O) groups excluding carboxylic acids is 1. The van der Waals surface area contributed by atoms with E-state index >= 15 is 0 Å². The number of primary amides is 1. The zero-order valence-electron chi connectivity index (χ0n) is 8.50. The molecule has 0 fully saturated rings. The van der Waals surface area contributed by atoms with Gasteiger partial charge >= 0.3 is 0 Å². The lowest BCUT2D eigenvalue weighted by Gasteiger charge is -2.28. The summed E-state index contributed by atoms with van der Waals surface area (Å²) < 4.78 is 0. The Hall–Kier alpha value is -0.570. The van der Waals surface area contributed by atoms with Gasteiger partial charge in [-0.05, 0) is 27.3 Å². The van der Waals surface area contributed by atoms with Gasteiger partial charge in [-0.3, -0.25) is 9.69 Å². The van der Waals surface area contributed by atoms with Crippen molar-refractivity contribution in [2.75, 3.05) is 7.05 Å². The molecule has 3 nitrogen and oxygen atoms in total. The molecule has 0 rings (SSSR count). The Balaban J connectivity index is 3.99. The molecule has 0 saturated heterocycles. The highest BCUT2D eigenvalue weighted by molar-refractivity contribution is 5.79. The van der Waals surface area contributed by atoms with Gasteiger partial charge in [-0.2, -0.15) is 0 Å². The molecule has 0 heterocycles. The number of hydrogen-bond donors (Lipinski definition) is 1. The second-order valence-corrected chi connectivity index (χ2v) is 3.38. The minimum atomic E-state index is -0.250. The van der Waals surface area contributed by atoms with Crippen LogP contribution < -0.4 is 5.73 Å². The van der Waals surface area contributed by atoms with E-state index in [9.17, 15) is 4.79 Å². The fourth-order valence-electron chi connectivity index (χ4n) is 1.20. The van der Waals surface area contributed by atoms with Crippen molar-refractivity contribution in [3.63, 3.8) is 0 Å². The van der Waals surface area contributed by atoms with Crippen LogP contribution in [-0.2, 0) is 4.79 Å². The van der Waals surface area contributed by atoms with Gasteiger partial charge in [0.1, 0.15) is 0 Å². The first-order chi connectivity index (χ1) is 5.50. The van der Waals surface area contributed by atoms with Crippen LogP contribution in [0.15, 0.2) is 0 Å². The third-order valence-electron chi connectivity index (χ3n) is 2.42. The summed E-state index contributed by atoms with van der Waals surface area (Å²) in [7, 11) is 1.94. The van der Waals surface area contributed by atoms with Gasteiger partial charge in [-0.1, -0.05) is 13.3 Å². The quantitative estimate of drug-likeness (QED) is 0.672. The molecule has 1 amide bonds. The van der Waals surface area contributed by atoms with Crippen LogP contribution in [-0.4, -0.2) is 29.9 Å². The van der Waals surface area contributed by atoms with Crippen LogP contribution in [0.5, 0.6) is 0 Å². The minimum Gasteiger partial charge on any atom is -0.368 e. The number of likely N-dealkylation sites (N-methyl/N-ethyl adjacent to an activating group) is 1. The normalized spacial score (nSPS) is 16.1. The van der Waals surface area contributed by atoms with Gasteiger partial charge in [-0.25, -0.2) is 0 Å². The molecule has 3 heteroatoms. The second-order valence-electron chi connectivity index (χ2n) is 3.38. The van der Waals surface area contributed by atoms with Crippen molar-refractivity contribution in [1.29, 1.82) is 0 Å². The van der Waals surface area contributed by atoms with Gasteiger partial charge in [0.2, 0.25) is 5.91 Å². The van der Waals surface area contributed by atoms with Gasteiger partial charge in [0.25, 0.3) is 0 Å². The summed E-state index contributed by atoms with van der Waals surface area (Å²) in [6.07, 6.45) is 2.24. The van der Waals surface area contributed by atoms with Crippen LogP contribution >= 0.6 is 0 Å². The van der Waals surface area contributed by atoms with Crippen molar-refractivity contribution < 1.29 is 4.79 Å². The van der Waals surface area contributed by atoms with Crippen molar-refractivity contribution >= 4 is 5.91 Å². The zero-order chi connectivity index (χ0) is 9.72. The molecule has 2 atom stereocenters. The third kappa shape index (κ3) is 3.22. The molecule has 72 valence electrons. The summed E-state index contributed by atoms with van der Waals surface area (Å²) in [5.74, 6) is -0.250. The Morgan fingerprint density at radius 1 is 1.50 bits per heavy atom. The summed E-state index contributed by atoms with van der Waals surface area (Å²) in [6, 6.07) is 0.268. The fourth-order valence-corrected chi connectivity index (χ4v) is 1.20. The van der Waals surface area contributed by atoms with Crippen LogP contribution in [0.2, 0.25) is 0 Å². The lowest BCUT2D eigenvalue weighted by atomic mass is 10.1. The summed E-state index contributed by atoms with van der Waals surface area (Å²) in [4.78, 5) is 12.8. The maximum atomic E-state index is 10.8. The van der Waals surface area contributed by atoms with Crippen LogP contribution in [0, 0.1) is 0 Å². The highest BCUT2D eigenvalue weighted by atomic mass is 16.1. The van der Waals surface area contributed by atoms with E-state index in [4.69, 9.17) is 5.73 Å². The molecule has 0 aliphatic heterocycles. The van der Waals surface area contributed by atoms with Crippen LogP contribution in [0.3, 0.4) is 0 Å². The summed E-state index contributed by atoms with van der Waals surface area (Å²) >= 11 is 0. The minimum absolute atomic E-state index is 0.161. The number of rotatable bonds is 5. The van der Waals surface area contributed by atoms with E-state index in [0.717, 1.165) is 12.8 Å². The van der Waals surface area contributed by atoms with Crippen molar-refractivity contribution in [3.05, 3.63) is 0 Å². The molecule has 0 saturated carbocycles. The van der Waals surface area contributed by atoms with E-state index in [1.807, 2.05) is 18.9 Å². The summed E-state index contributed by atoms with van der Waals surface area (Å²) in [6.45, 7) is 6.09. The van der Waals surface area contributed by atoms with Crippen LogP contribution in [0.1, 0.15) is 33.6 Å². The molecular weight excluding hydrogens is 152 g/mol. The molecule has 0 aromatic rings. The summed E-state index contributed by atoms with van der Waals surface area (Å²) in [5.41, 5.74) is 5.19. The average molecular weight is 172 g/mol. The third-order valence-corrected chi connectivity index (χ3v) is 2.42. The predicted octanol–water partition coefficient (Wildman–Crippen LogP) is 0.981. The van der Waals surface area contributed by atoms with E-state index < -0.39 is 0 Å². The topological polar surface area (TPSA) is 46.3 Å². The lowest BCUT2D eigenvalue weighted by Crippen LogP contribution is -2.44. The molecule has 0 radical (unpaired) electrons. The second kappa shape index (κ2) is 5.14. The Morgan fingerprint density at radius 3 is 2.33 bits per heavy atom. The van der Waals surface area contributed by atoms with E-state index in [-0.39, 0.29) is 11.9 Å². The van der Waals surface area contributed by atoms with Gasteiger partial charge in [0.15, 0.2) is 0 Å². The SMILES string of the molecule is CCCC(C)N(C)C(C)C(N)=O. The molecule has 2 unspecified atom stereocenters. The molecule has 0 aliphatic rings. The van der Waals surface area contributed by atoms with E-state index in [1.54, 1.807) is 0 Å². The first-order valence-electron chi connectivity index (χ1n) is 4.52. The standard InChI is InChI=1S/C9H20N2O/c1-5-6-7(2)11(4)8(3)9(10)12/h7-8H,5-6H2,1-4H3,(H2,10,12). The largest absolute Gasteiger partial charge is 0.368 e. The molecule has 0 aromatic heterocycles. The molecule has 12 heavy (non-hydrogen) atoms. The Labute approximate surface area is 74.9 Å². The van der Waals surface area contributed by atoms with Gasteiger partial charge in [0, 0.05) is 6.04 Å². The molecule has 0 bridgehead atoms. The van der Waals surface area contributed by atoms with Crippen molar-refractivity contribution in [2.45, 2.75) is 45.7 Å². The highest BCUT2D eigenvalue weighted by Crippen LogP contribution is 2.07. The monoisotopic (exact) mass is 172 g/mol. The van der Waals surface area contributed by atoms with Crippen LogP contribution in [0.25, 0.3) is 0 Å². The van der Waals surface area contributed by atoms with Gasteiger partial charge < -0.3 is 5.73 Å². The Bertz CT molecular complexity index is 147. The molecule has 2 N–H and O–H groups in total. The van der Waals surface area contributed by atoms with Gasteiger partial charge in [0.05, 0.1) is 6.04 Å². The number of nitrogens with zero attached hydrogens (tertiary/aromatic N) is 1. The number of nitrogens with two attached hydrogens (primary N) is 1. The van der Waals surface area contributed by atoms with Crippen molar-refractivity contribution in [2.24, 2.45) is 5.73 Å². The van der Waals surface area contributed by atoms with Crippen LogP contribution in [0.4, 0.5) is 0 Å². The number of hydrogen-bond acceptors (Lipinski definition) is 2. The Morgan fingerprint density at radius 2 is 2.00 bits per heavy atom. The molecule has 0 aromatic carbocycles. The maximum Gasteiger partial charge on any atom is 0.234 e. The lowest BCUT2D eigenvalue weighted by molar-refractivity contribution is -0.122. The van der Waals surface area contributed by atoms with E-state index in [1.165, 1.54) is 0 Å². The number of carbonyl (C=O) groups is 1. The van der Waals surface area contributed by atoms with Crippen molar-refractivity contribution in [3.8, 4) is 0 Å². The maximum absolute atomic E-state index is 10.8. The number of amides is 1. The summed E-state index contributed by atoms with van der Waals surface area (Å²) in [5, 5.41) is 0. The average Bonchev–Trinajstić information content (AvgIpc) is 2.02. The highest BCUT2D eigenvalue weighted by Gasteiger charge is 2.18. The zero-order valence-corrected chi connectivity index (χ0v) is 8.50. The fraction of sp³-hybridized carbons (Fsp3) is 0.889. The molecular formula is C9H20N2O. The first-order valence-corrected chi connectivity index (χ1v) is 4.52. The van der Waals surface area contributed by atoms with E-state index in [0.29, 0.717) is 6.04 Å². The smallest absolute Gasteiger partial charge is 0.234 e. The molecule has 0 spiro atoms. The molecule has 0 aliphatic carbocycles. The van der Waals surface area contributed by atoms with Gasteiger partial charge in [-0.15, -0.1) is 0 Å². The Kier molecular flexibility index (Phi) is 4.90. The van der Waals surface area contributed by atoms with Crippen molar-refractivity contribution in [1.82, 2.24) is 4.90 Å².